The van der Waals surface area contributed by atoms with Crippen molar-refractivity contribution < 1.29 is 9.84 Å². The van der Waals surface area contributed by atoms with Gasteiger partial charge in [0.25, 0.3) is 0 Å². The molecule has 4 heteroatoms. The third-order valence-electron chi connectivity index (χ3n) is 3.15. The van der Waals surface area contributed by atoms with E-state index in [1.54, 1.807) is 14.0 Å². The van der Waals surface area contributed by atoms with Gasteiger partial charge in [-0.25, -0.2) is 0 Å². The first kappa shape index (κ1) is 15.0. The summed E-state index contributed by atoms with van der Waals surface area (Å²) in [5.74, 6) is 0.858. The summed E-state index contributed by atoms with van der Waals surface area (Å²) >= 11 is 0. The van der Waals surface area contributed by atoms with Crippen LogP contribution in [0.1, 0.15) is 24.9 Å². The van der Waals surface area contributed by atoms with E-state index < -0.39 is 0 Å². The highest BCUT2D eigenvalue weighted by molar-refractivity contribution is 5.36. The number of nitrogens with two attached hydrogens (primary N) is 1. The zero-order chi connectivity index (χ0) is 13.5. The lowest BCUT2D eigenvalue weighted by atomic mass is 10.0. The zero-order valence-electron chi connectivity index (χ0n) is 11.5. The number of likely N-dealkylation sites (N-methyl/N-ethyl adjacent to an activating group) is 1. The monoisotopic (exact) mass is 252 g/mol. The molecule has 0 amide bonds. The van der Waals surface area contributed by atoms with Gasteiger partial charge in [0.2, 0.25) is 0 Å². The maximum Gasteiger partial charge on any atom is 0.123 e. The van der Waals surface area contributed by atoms with Gasteiger partial charge < -0.3 is 15.6 Å². The molecule has 0 bridgehead atoms. The highest BCUT2D eigenvalue weighted by Gasteiger charge is 2.19. The van der Waals surface area contributed by atoms with Gasteiger partial charge in [0.15, 0.2) is 0 Å². The third kappa shape index (κ3) is 3.98. The topological polar surface area (TPSA) is 58.7 Å². The van der Waals surface area contributed by atoms with Crippen LogP contribution in [0.3, 0.4) is 0 Å². The Labute approximate surface area is 109 Å². The largest absolute Gasteiger partial charge is 0.496 e. The summed E-state index contributed by atoms with van der Waals surface area (Å²) in [4.78, 5) is 2.16. The molecule has 2 atom stereocenters. The van der Waals surface area contributed by atoms with Crippen LogP contribution in [0.2, 0.25) is 0 Å². The maximum absolute atomic E-state index is 9.34. The maximum atomic E-state index is 9.34. The van der Waals surface area contributed by atoms with Gasteiger partial charge in [-0.2, -0.15) is 0 Å². The number of rotatable bonds is 7. The molecule has 0 saturated carbocycles. The van der Waals surface area contributed by atoms with Crippen molar-refractivity contribution in [1.29, 1.82) is 0 Å². The molecule has 0 aromatic heterocycles. The van der Waals surface area contributed by atoms with Gasteiger partial charge >= 0.3 is 0 Å². The minimum atomic E-state index is -0.288. The molecule has 0 fully saturated rings. The van der Waals surface area contributed by atoms with Crippen molar-refractivity contribution in [3.63, 3.8) is 0 Å². The number of methoxy groups -OCH3 is 1. The van der Waals surface area contributed by atoms with Gasteiger partial charge in [-0.1, -0.05) is 18.2 Å². The molecule has 4 nitrogen and oxygen atoms in total. The molecule has 1 rings (SSSR count). The van der Waals surface area contributed by atoms with E-state index in [0.29, 0.717) is 6.54 Å². The van der Waals surface area contributed by atoms with Crippen molar-refractivity contribution in [1.82, 2.24) is 4.90 Å². The molecule has 0 aliphatic heterocycles. The number of hydrogen-bond acceptors (Lipinski definition) is 4. The van der Waals surface area contributed by atoms with Gasteiger partial charge in [0, 0.05) is 18.7 Å². The summed E-state index contributed by atoms with van der Waals surface area (Å²) in [7, 11) is 3.69. The van der Waals surface area contributed by atoms with Crippen LogP contribution in [0.4, 0.5) is 0 Å². The first-order valence-corrected chi connectivity index (χ1v) is 6.31. The quantitative estimate of drug-likeness (QED) is 0.770. The van der Waals surface area contributed by atoms with Crippen LogP contribution in [0.25, 0.3) is 0 Å². The van der Waals surface area contributed by atoms with Crippen molar-refractivity contribution in [2.45, 2.75) is 25.5 Å². The van der Waals surface area contributed by atoms with Crippen LogP contribution in [0.5, 0.6) is 5.75 Å². The second kappa shape index (κ2) is 7.36. The van der Waals surface area contributed by atoms with Crippen molar-refractivity contribution in [2.75, 3.05) is 27.2 Å². The molecule has 0 heterocycles. The van der Waals surface area contributed by atoms with Crippen LogP contribution in [0, 0.1) is 0 Å². The van der Waals surface area contributed by atoms with E-state index in [1.807, 2.05) is 31.3 Å². The second-order valence-corrected chi connectivity index (χ2v) is 4.61. The molecule has 3 N–H and O–H groups in total. The lowest BCUT2D eigenvalue weighted by Crippen LogP contribution is -2.32. The first-order chi connectivity index (χ1) is 8.60. The summed E-state index contributed by atoms with van der Waals surface area (Å²) in [6.07, 6.45) is 0.450. The SMILES string of the molecule is COc1ccccc1C(CN)N(C)CCC(C)O. The Balaban J connectivity index is 2.81. The first-order valence-electron chi connectivity index (χ1n) is 6.31. The van der Waals surface area contributed by atoms with Gasteiger partial charge in [-0.3, -0.25) is 4.90 Å². The van der Waals surface area contributed by atoms with Crippen LogP contribution in [0.15, 0.2) is 24.3 Å². The Bertz CT molecular complexity index is 355. The zero-order valence-corrected chi connectivity index (χ0v) is 11.5. The molecular weight excluding hydrogens is 228 g/mol. The predicted molar refractivity (Wildman–Crippen MR) is 73.7 cm³/mol. The molecule has 0 aliphatic carbocycles. The predicted octanol–water partition coefficient (Wildman–Crippen LogP) is 1.40. The highest BCUT2D eigenvalue weighted by atomic mass is 16.5. The number of ether oxygens (including phenoxy) is 1. The van der Waals surface area contributed by atoms with Gasteiger partial charge in [0.05, 0.1) is 19.3 Å². The summed E-state index contributed by atoms with van der Waals surface area (Å²) in [5.41, 5.74) is 6.97. The summed E-state index contributed by atoms with van der Waals surface area (Å²) < 4.78 is 5.37. The van der Waals surface area contributed by atoms with Crippen molar-refractivity contribution in [3.8, 4) is 5.75 Å². The normalized spacial score (nSPS) is 14.6. The molecule has 0 aliphatic rings. The third-order valence-corrected chi connectivity index (χ3v) is 3.15. The Kier molecular flexibility index (Phi) is 6.12. The lowest BCUT2D eigenvalue weighted by molar-refractivity contribution is 0.150. The molecule has 0 radical (unpaired) electrons. The molecule has 102 valence electrons. The van der Waals surface area contributed by atoms with E-state index in [-0.39, 0.29) is 12.1 Å². The van der Waals surface area contributed by atoms with Crippen molar-refractivity contribution in [2.24, 2.45) is 5.73 Å². The van der Waals surface area contributed by atoms with E-state index in [4.69, 9.17) is 10.5 Å². The van der Waals surface area contributed by atoms with Crippen LogP contribution in [-0.4, -0.2) is 43.4 Å². The van der Waals surface area contributed by atoms with Crippen molar-refractivity contribution >= 4 is 0 Å². The van der Waals surface area contributed by atoms with Crippen LogP contribution >= 0.6 is 0 Å². The van der Waals surface area contributed by atoms with Crippen molar-refractivity contribution in [3.05, 3.63) is 29.8 Å². The number of aliphatic hydroxyl groups is 1. The average molecular weight is 252 g/mol. The second-order valence-electron chi connectivity index (χ2n) is 4.61. The molecule has 0 saturated heterocycles. The Hall–Kier alpha value is -1.10. The van der Waals surface area contributed by atoms with E-state index in [9.17, 15) is 5.11 Å². The van der Waals surface area contributed by atoms with E-state index in [0.717, 1.165) is 24.3 Å². The minimum absolute atomic E-state index is 0.111. The summed E-state index contributed by atoms with van der Waals surface area (Å²) in [5, 5.41) is 9.34. The highest BCUT2D eigenvalue weighted by Crippen LogP contribution is 2.27. The Morgan fingerprint density at radius 1 is 1.39 bits per heavy atom. The Morgan fingerprint density at radius 2 is 2.06 bits per heavy atom. The van der Waals surface area contributed by atoms with E-state index >= 15 is 0 Å². The Morgan fingerprint density at radius 3 is 2.61 bits per heavy atom. The standard InChI is InChI=1S/C14H24N2O2/c1-11(17)8-9-16(2)13(10-15)12-6-4-5-7-14(12)18-3/h4-7,11,13,17H,8-10,15H2,1-3H3. The number of aliphatic hydroxyl groups excluding tert-OH is 1. The van der Waals surface area contributed by atoms with Gasteiger partial charge in [-0.15, -0.1) is 0 Å². The van der Waals surface area contributed by atoms with Gasteiger partial charge in [0.1, 0.15) is 5.75 Å². The molecule has 1 aromatic rings. The average Bonchev–Trinajstić information content (AvgIpc) is 2.37. The fraction of sp³-hybridized carbons (Fsp3) is 0.571. The lowest BCUT2D eigenvalue weighted by Gasteiger charge is -2.28. The van der Waals surface area contributed by atoms with E-state index in [2.05, 4.69) is 4.90 Å². The molecular formula is C14H24N2O2. The van der Waals surface area contributed by atoms with Crippen LogP contribution < -0.4 is 10.5 Å². The number of hydrogen-bond donors (Lipinski definition) is 2. The number of nitrogens with zero attached hydrogens (tertiary/aromatic N) is 1. The summed E-state index contributed by atoms with van der Waals surface area (Å²) in [6, 6.07) is 8.03. The minimum Gasteiger partial charge on any atom is -0.496 e. The number of benzene rings is 1. The summed E-state index contributed by atoms with van der Waals surface area (Å²) in [6.45, 7) is 3.13. The molecule has 1 aromatic carbocycles. The molecule has 2 unspecified atom stereocenters. The molecule has 18 heavy (non-hydrogen) atoms. The number of para-hydroxylation sites is 1. The fourth-order valence-corrected chi connectivity index (χ4v) is 2.03. The van der Waals surface area contributed by atoms with Gasteiger partial charge in [-0.05, 0) is 26.5 Å². The fourth-order valence-electron chi connectivity index (χ4n) is 2.03. The smallest absolute Gasteiger partial charge is 0.123 e. The van der Waals surface area contributed by atoms with Crippen LogP contribution in [-0.2, 0) is 0 Å². The van der Waals surface area contributed by atoms with E-state index in [1.165, 1.54) is 0 Å². The molecule has 0 spiro atoms.